The largest absolute Gasteiger partial charge is 0.272 e. The predicted molar refractivity (Wildman–Crippen MR) is 89.3 cm³/mol. The SMILES string of the molecule is Cc1cc(C(=O)NN=CC=Cc2ccccc2)ccc1[N+](=O)[O-]. The number of nitrogens with zero attached hydrogens (tertiary/aromatic N) is 2. The molecule has 6 nitrogen and oxygen atoms in total. The van der Waals surface area contributed by atoms with Crippen molar-refractivity contribution in [2.45, 2.75) is 6.92 Å². The molecule has 116 valence electrons. The summed E-state index contributed by atoms with van der Waals surface area (Å²) < 4.78 is 0. The fourth-order valence-electron chi connectivity index (χ4n) is 1.92. The van der Waals surface area contributed by atoms with Crippen molar-refractivity contribution >= 4 is 23.9 Å². The molecule has 2 aromatic carbocycles. The molecular formula is C17H15N3O3. The van der Waals surface area contributed by atoms with Crippen LogP contribution in [-0.2, 0) is 0 Å². The van der Waals surface area contributed by atoms with Crippen molar-refractivity contribution in [1.29, 1.82) is 0 Å². The van der Waals surface area contributed by atoms with Crippen LogP contribution in [0, 0.1) is 17.0 Å². The summed E-state index contributed by atoms with van der Waals surface area (Å²) >= 11 is 0. The molecule has 0 saturated heterocycles. The Labute approximate surface area is 133 Å². The van der Waals surface area contributed by atoms with Gasteiger partial charge in [0.1, 0.15) is 0 Å². The quantitative estimate of drug-likeness (QED) is 0.522. The van der Waals surface area contributed by atoms with Crippen LogP contribution in [-0.4, -0.2) is 17.0 Å². The van der Waals surface area contributed by atoms with Gasteiger partial charge >= 0.3 is 0 Å². The van der Waals surface area contributed by atoms with E-state index in [0.29, 0.717) is 11.1 Å². The molecule has 1 amide bonds. The summed E-state index contributed by atoms with van der Waals surface area (Å²) in [7, 11) is 0. The van der Waals surface area contributed by atoms with Gasteiger partial charge in [0.15, 0.2) is 0 Å². The highest BCUT2D eigenvalue weighted by Crippen LogP contribution is 2.18. The topological polar surface area (TPSA) is 84.6 Å². The van der Waals surface area contributed by atoms with E-state index in [1.807, 2.05) is 36.4 Å². The highest BCUT2D eigenvalue weighted by molar-refractivity contribution is 5.95. The van der Waals surface area contributed by atoms with Gasteiger partial charge in [0.25, 0.3) is 11.6 Å². The number of hydrazone groups is 1. The molecule has 0 bridgehead atoms. The van der Waals surface area contributed by atoms with Gasteiger partial charge < -0.3 is 0 Å². The molecule has 2 rings (SSSR count). The Kier molecular flexibility index (Phi) is 5.35. The van der Waals surface area contributed by atoms with Crippen molar-refractivity contribution in [2.75, 3.05) is 0 Å². The number of amides is 1. The maximum Gasteiger partial charge on any atom is 0.272 e. The first-order valence-electron chi connectivity index (χ1n) is 6.88. The molecule has 0 aliphatic heterocycles. The van der Waals surface area contributed by atoms with Gasteiger partial charge in [0, 0.05) is 23.4 Å². The zero-order valence-electron chi connectivity index (χ0n) is 12.5. The Balaban J connectivity index is 1.94. The van der Waals surface area contributed by atoms with Crippen molar-refractivity contribution in [3.63, 3.8) is 0 Å². The highest BCUT2D eigenvalue weighted by Gasteiger charge is 2.13. The summed E-state index contributed by atoms with van der Waals surface area (Å²) in [6.45, 7) is 1.58. The monoisotopic (exact) mass is 309 g/mol. The van der Waals surface area contributed by atoms with Gasteiger partial charge in [-0.15, -0.1) is 0 Å². The lowest BCUT2D eigenvalue weighted by Gasteiger charge is -2.01. The third-order valence-corrected chi connectivity index (χ3v) is 3.07. The van der Waals surface area contributed by atoms with Gasteiger partial charge in [-0.2, -0.15) is 5.10 Å². The summed E-state index contributed by atoms with van der Waals surface area (Å²) in [4.78, 5) is 22.1. The minimum absolute atomic E-state index is 0.0177. The number of benzene rings is 2. The molecule has 1 N–H and O–H groups in total. The molecule has 0 aromatic heterocycles. The molecule has 0 fully saturated rings. The van der Waals surface area contributed by atoms with Crippen LogP contribution >= 0.6 is 0 Å². The Morgan fingerprint density at radius 2 is 1.96 bits per heavy atom. The smallest absolute Gasteiger partial charge is 0.267 e. The van der Waals surface area contributed by atoms with Crippen molar-refractivity contribution in [3.05, 3.63) is 81.4 Å². The van der Waals surface area contributed by atoms with E-state index < -0.39 is 10.8 Å². The molecule has 6 heteroatoms. The van der Waals surface area contributed by atoms with Crippen molar-refractivity contribution in [2.24, 2.45) is 5.10 Å². The second-order valence-corrected chi connectivity index (χ2v) is 4.75. The van der Waals surface area contributed by atoms with E-state index in [9.17, 15) is 14.9 Å². The number of nitrogens with one attached hydrogen (secondary N) is 1. The number of allylic oxidation sites excluding steroid dienone is 1. The third kappa shape index (κ3) is 4.60. The second kappa shape index (κ2) is 7.65. The molecular weight excluding hydrogens is 294 g/mol. The average molecular weight is 309 g/mol. The van der Waals surface area contributed by atoms with Gasteiger partial charge in [0.05, 0.1) is 4.92 Å². The van der Waals surface area contributed by atoms with Crippen molar-refractivity contribution in [3.8, 4) is 0 Å². The lowest BCUT2D eigenvalue weighted by Crippen LogP contribution is -2.17. The van der Waals surface area contributed by atoms with Gasteiger partial charge in [-0.05, 0) is 30.7 Å². The standard InChI is InChI=1S/C17H15N3O3/c1-13-12-15(9-10-16(13)20(22)23)17(21)19-18-11-5-8-14-6-3-2-4-7-14/h2-12H,1H3,(H,19,21). The van der Waals surface area contributed by atoms with Crippen LogP contribution in [0.25, 0.3) is 6.08 Å². The number of hydrogen-bond donors (Lipinski definition) is 1. The first-order valence-corrected chi connectivity index (χ1v) is 6.88. The maximum absolute atomic E-state index is 11.9. The zero-order valence-corrected chi connectivity index (χ0v) is 12.5. The number of hydrogen-bond acceptors (Lipinski definition) is 4. The number of rotatable bonds is 5. The molecule has 0 spiro atoms. The maximum atomic E-state index is 11.9. The molecule has 0 radical (unpaired) electrons. The van der Waals surface area contributed by atoms with Crippen LogP contribution in [0.15, 0.2) is 59.7 Å². The van der Waals surface area contributed by atoms with E-state index in [1.165, 1.54) is 24.4 Å². The fourth-order valence-corrected chi connectivity index (χ4v) is 1.92. The van der Waals surface area contributed by atoms with Crippen LogP contribution in [0.1, 0.15) is 21.5 Å². The third-order valence-electron chi connectivity index (χ3n) is 3.07. The van der Waals surface area contributed by atoms with Crippen LogP contribution in [0.2, 0.25) is 0 Å². The lowest BCUT2D eigenvalue weighted by atomic mass is 10.1. The minimum atomic E-state index is -0.483. The number of carbonyl (C=O) groups excluding carboxylic acids is 1. The van der Waals surface area contributed by atoms with Crippen LogP contribution in [0.3, 0.4) is 0 Å². The molecule has 0 saturated carbocycles. The molecule has 0 unspecified atom stereocenters. The Bertz CT molecular complexity index is 768. The van der Waals surface area contributed by atoms with Crippen molar-refractivity contribution in [1.82, 2.24) is 5.43 Å². The van der Waals surface area contributed by atoms with Crippen LogP contribution < -0.4 is 5.43 Å². The molecule has 0 atom stereocenters. The van der Waals surface area contributed by atoms with E-state index in [0.717, 1.165) is 5.56 Å². The molecule has 2 aromatic rings. The first kappa shape index (κ1) is 16.1. The normalized spacial score (nSPS) is 11.0. The Morgan fingerprint density at radius 1 is 1.22 bits per heavy atom. The van der Waals surface area contributed by atoms with Crippen LogP contribution in [0.4, 0.5) is 5.69 Å². The summed E-state index contributed by atoms with van der Waals surface area (Å²) in [5.74, 6) is -0.424. The highest BCUT2D eigenvalue weighted by atomic mass is 16.6. The molecule has 0 aliphatic rings. The first-order chi connectivity index (χ1) is 11.1. The zero-order chi connectivity index (χ0) is 16.7. The van der Waals surface area contributed by atoms with Gasteiger partial charge in [-0.1, -0.05) is 36.4 Å². The van der Waals surface area contributed by atoms with E-state index in [4.69, 9.17) is 0 Å². The minimum Gasteiger partial charge on any atom is -0.267 e. The summed E-state index contributed by atoms with van der Waals surface area (Å²) in [6.07, 6.45) is 5.02. The molecule has 23 heavy (non-hydrogen) atoms. The fraction of sp³-hybridized carbons (Fsp3) is 0.0588. The number of aryl methyl sites for hydroxylation is 1. The van der Waals surface area contributed by atoms with Gasteiger partial charge in [-0.3, -0.25) is 14.9 Å². The summed E-state index contributed by atoms with van der Waals surface area (Å²) in [5, 5.41) is 14.5. The lowest BCUT2D eigenvalue weighted by molar-refractivity contribution is -0.385. The second-order valence-electron chi connectivity index (χ2n) is 4.75. The van der Waals surface area contributed by atoms with E-state index in [2.05, 4.69) is 10.5 Å². The predicted octanol–water partition coefficient (Wildman–Crippen LogP) is 3.33. The van der Waals surface area contributed by atoms with Gasteiger partial charge in [-0.25, -0.2) is 5.43 Å². The van der Waals surface area contributed by atoms with E-state index >= 15 is 0 Å². The van der Waals surface area contributed by atoms with Gasteiger partial charge in [0.2, 0.25) is 0 Å². The van der Waals surface area contributed by atoms with E-state index in [-0.39, 0.29) is 5.69 Å². The van der Waals surface area contributed by atoms with Crippen LogP contribution in [0.5, 0.6) is 0 Å². The number of carbonyl (C=O) groups is 1. The van der Waals surface area contributed by atoms with E-state index in [1.54, 1.807) is 13.0 Å². The molecule has 0 aliphatic carbocycles. The number of nitro groups is 1. The average Bonchev–Trinajstić information content (AvgIpc) is 2.55. The van der Waals surface area contributed by atoms with Crippen molar-refractivity contribution < 1.29 is 9.72 Å². The summed E-state index contributed by atoms with van der Waals surface area (Å²) in [6, 6.07) is 13.8. The Morgan fingerprint density at radius 3 is 2.61 bits per heavy atom. The number of nitro benzene ring substituents is 1. The Hall–Kier alpha value is -3.28. The summed E-state index contributed by atoms with van der Waals surface area (Å²) in [5.41, 5.74) is 4.12. The molecule has 0 heterocycles.